The predicted octanol–water partition coefficient (Wildman–Crippen LogP) is 4.17. The van der Waals surface area contributed by atoms with Gasteiger partial charge in [-0.3, -0.25) is 0 Å². The van der Waals surface area contributed by atoms with Crippen LogP contribution in [-0.2, 0) is 22.9 Å². The van der Waals surface area contributed by atoms with Crippen molar-refractivity contribution in [3.63, 3.8) is 0 Å². The second-order valence-corrected chi connectivity index (χ2v) is 10.7. The first-order chi connectivity index (χ1) is 12.4. The van der Waals surface area contributed by atoms with Gasteiger partial charge in [0.1, 0.15) is 0 Å². The van der Waals surface area contributed by atoms with Crippen LogP contribution in [0.3, 0.4) is 0 Å². The molecule has 0 amide bonds. The molecule has 1 aromatic carbocycles. The molecular weight excluding hydrogens is 344 g/mol. The maximum atomic E-state index is 12.0. The quantitative estimate of drug-likeness (QED) is 0.781. The summed E-state index contributed by atoms with van der Waals surface area (Å²) in [4.78, 5) is 0. The Morgan fingerprint density at radius 2 is 1.69 bits per heavy atom. The zero-order valence-corrected chi connectivity index (χ0v) is 17.3. The second-order valence-electron chi connectivity index (χ2n) is 8.40. The fraction of sp³-hybridized carbons (Fsp3) is 0.714. The highest BCUT2D eigenvalue weighted by atomic mass is 32.2. The van der Waals surface area contributed by atoms with Crippen molar-refractivity contribution in [2.75, 3.05) is 11.9 Å². The standard InChI is InChI=1S/C21H34N2O2S/c1-15(2)26(24,25)23-18-11-9-17(10-12-18)14-22-21-13-8-16(3)19-6-4-5-7-20(19)21/h8,13,15,17-18,22-23H,4-7,9-12,14H2,1-3H3/t17-,18-. The van der Waals surface area contributed by atoms with E-state index < -0.39 is 10.0 Å². The first-order valence-corrected chi connectivity index (χ1v) is 11.8. The predicted molar refractivity (Wildman–Crippen MR) is 109 cm³/mol. The van der Waals surface area contributed by atoms with E-state index >= 15 is 0 Å². The Labute approximate surface area is 159 Å². The molecule has 2 aliphatic carbocycles. The zero-order valence-electron chi connectivity index (χ0n) is 16.5. The molecule has 1 fully saturated rings. The van der Waals surface area contributed by atoms with E-state index in [9.17, 15) is 8.42 Å². The van der Waals surface area contributed by atoms with Gasteiger partial charge in [0.25, 0.3) is 0 Å². The van der Waals surface area contributed by atoms with Gasteiger partial charge in [-0.1, -0.05) is 6.07 Å². The monoisotopic (exact) mass is 378 g/mol. The number of nitrogens with one attached hydrogen (secondary N) is 2. The minimum atomic E-state index is -3.15. The fourth-order valence-electron chi connectivity index (χ4n) is 4.32. The van der Waals surface area contributed by atoms with Crippen molar-refractivity contribution in [1.82, 2.24) is 4.72 Å². The summed E-state index contributed by atoms with van der Waals surface area (Å²) in [6.07, 6.45) is 9.11. The summed E-state index contributed by atoms with van der Waals surface area (Å²) < 4.78 is 27.0. The minimum absolute atomic E-state index is 0.116. The molecule has 0 bridgehead atoms. The van der Waals surface area contributed by atoms with Crippen LogP contribution in [0.5, 0.6) is 0 Å². The molecule has 1 saturated carbocycles. The number of hydrogen-bond donors (Lipinski definition) is 2. The second kappa shape index (κ2) is 8.30. The van der Waals surface area contributed by atoms with Crippen LogP contribution < -0.4 is 10.0 Å². The average Bonchev–Trinajstić information content (AvgIpc) is 2.62. The van der Waals surface area contributed by atoms with Crippen molar-refractivity contribution in [3.05, 3.63) is 28.8 Å². The number of rotatable bonds is 6. The van der Waals surface area contributed by atoms with Gasteiger partial charge in [0.2, 0.25) is 10.0 Å². The summed E-state index contributed by atoms with van der Waals surface area (Å²) >= 11 is 0. The van der Waals surface area contributed by atoms with Crippen LogP contribution in [0.1, 0.15) is 69.1 Å². The van der Waals surface area contributed by atoms with Crippen LogP contribution in [0.25, 0.3) is 0 Å². The maximum absolute atomic E-state index is 12.0. The first kappa shape index (κ1) is 19.7. The maximum Gasteiger partial charge on any atom is 0.214 e. The van der Waals surface area contributed by atoms with Crippen LogP contribution >= 0.6 is 0 Å². The van der Waals surface area contributed by atoms with Crippen molar-refractivity contribution in [2.45, 2.75) is 83.4 Å². The first-order valence-electron chi connectivity index (χ1n) is 10.2. The summed E-state index contributed by atoms with van der Waals surface area (Å²) in [7, 11) is -3.15. The van der Waals surface area contributed by atoms with E-state index in [1.165, 1.54) is 42.5 Å². The Balaban J connectivity index is 1.52. The molecule has 0 saturated heterocycles. The van der Waals surface area contributed by atoms with Gasteiger partial charge < -0.3 is 5.32 Å². The molecule has 3 rings (SSSR count). The lowest BCUT2D eigenvalue weighted by Gasteiger charge is -2.30. The van der Waals surface area contributed by atoms with Gasteiger partial charge in [0.15, 0.2) is 0 Å². The molecule has 26 heavy (non-hydrogen) atoms. The third kappa shape index (κ3) is 4.61. The third-order valence-corrected chi connectivity index (χ3v) is 8.05. The van der Waals surface area contributed by atoms with Crippen LogP contribution in [0.4, 0.5) is 5.69 Å². The van der Waals surface area contributed by atoms with Gasteiger partial charge in [0.05, 0.1) is 5.25 Å². The van der Waals surface area contributed by atoms with Crippen molar-refractivity contribution in [1.29, 1.82) is 0 Å². The van der Waals surface area contributed by atoms with Crippen molar-refractivity contribution >= 4 is 15.7 Å². The van der Waals surface area contributed by atoms with Gasteiger partial charge in [0, 0.05) is 18.3 Å². The molecular formula is C21H34N2O2S. The lowest BCUT2D eigenvalue weighted by Crippen LogP contribution is -2.41. The van der Waals surface area contributed by atoms with E-state index in [4.69, 9.17) is 0 Å². The van der Waals surface area contributed by atoms with E-state index in [2.05, 4.69) is 29.1 Å². The highest BCUT2D eigenvalue weighted by Crippen LogP contribution is 2.32. The Morgan fingerprint density at radius 1 is 1.04 bits per heavy atom. The lowest BCUT2D eigenvalue weighted by atomic mass is 9.85. The van der Waals surface area contributed by atoms with Gasteiger partial charge >= 0.3 is 0 Å². The molecule has 146 valence electrons. The van der Waals surface area contributed by atoms with Gasteiger partial charge in [-0.15, -0.1) is 0 Å². The molecule has 1 aromatic rings. The Kier molecular flexibility index (Phi) is 6.29. The van der Waals surface area contributed by atoms with Crippen molar-refractivity contribution < 1.29 is 8.42 Å². The Morgan fingerprint density at radius 3 is 2.35 bits per heavy atom. The average molecular weight is 379 g/mol. The van der Waals surface area contributed by atoms with Crippen molar-refractivity contribution in [3.8, 4) is 0 Å². The summed E-state index contributed by atoms with van der Waals surface area (Å²) in [5.41, 5.74) is 5.86. The fourth-order valence-corrected chi connectivity index (χ4v) is 5.29. The minimum Gasteiger partial charge on any atom is -0.385 e. The number of fused-ring (bicyclic) bond motifs is 1. The summed E-state index contributed by atoms with van der Waals surface area (Å²) in [6.45, 7) is 6.70. The van der Waals surface area contributed by atoms with E-state index in [0.717, 1.165) is 32.2 Å². The molecule has 0 heterocycles. The largest absolute Gasteiger partial charge is 0.385 e. The van der Waals surface area contributed by atoms with Gasteiger partial charge in [-0.05, 0) is 101 Å². The summed E-state index contributed by atoms with van der Waals surface area (Å²) in [5, 5.41) is 3.36. The molecule has 0 aromatic heterocycles. The molecule has 2 aliphatic rings. The van der Waals surface area contributed by atoms with E-state index in [1.807, 2.05) is 0 Å². The van der Waals surface area contributed by atoms with Crippen LogP contribution in [0, 0.1) is 12.8 Å². The Bertz CT molecular complexity index is 720. The third-order valence-electron chi connectivity index (χ3n) is 6.15. The number of hydrogen-bond acceptors (Lipinski definition) is 3. The Hall–Kier alpha value is -1.07. The number of benzene rings is 1. The van der Waals surface area contributed by atoms with Crippen LogP contribution in [-0.4, -0.2) is 26.3 Å². The molecule has 4 nitrogen and oxygen atoms in total. The van der Waals surface area contributed by atoms with E-state index in [1.54, 1.807) is 19.4 Å². The normalized spacial score (nSPS) is 23.7. The summed E-state index contributed by atoms with van der Waals surface area (Å²) in [6, 6.07) is 4.62. The molecule has 0 aliphatic heterocycles. The molecule has 0 radical (unpaired) electrons. The van der Waals surface area contributed by atoms with Crippen LogP contribution in [0.2, 0.25) is 0 Å². The summed E-state index contributed by atoms with van der Waals surface area (Å²) in [5.74, 6) is 0.635. The number of anilines is 1. The molecule has 5 heteroatoms. The molecule has 0 unspecified atom stereocenters. The van der Waals surface area contributed by atoms with E-state index in [0.29, 0.717) is 5.92 Å². The molecule has 0 spiro atoms. The number of sulfonamides is 1. The SMILES string of the molecule is Cc1ccc(NC[C@H]2CC[C@H](NS(=O)(=O)C(C)C)CC2)c2c1CCCC2. The van der Waals surface area contributed by atoms with Crippen LogP contribution in [0.15, 0.2) is 12.1 Å². The molecule has 2 N–H and O–H groups in total. The highest BCUT2D eigenvalue weighted by molar-refractivity contribution is 7.90. The van der Waals surface area contributed by atoms with Gasteiger partial charge in [-0.2, -0.15) is 0 Å². The van der Waals surface area contributed by atoms with Crippen molar-refractivity contribution in [2.24, 2.45) is 5.92 Å². The zero-order chi connectivity index (χ0) is 18.7. The van der Waals surface area contributed by atoms with Gasteiger partial charge in [-0.25, -0.2) is 13.1 Å². The highest BCUT2D eigenvalue weighted by Gasteiger charge is 2.26. The van der Waals surface area contributed by atoms with E-state index in [-0.39, 0.29) is 11.3 Å². The molecule has 0 atom stereocenters. The lowest BCUT2D eigenvalue weighted by molar-refractivity contribution is 0.323. The topological polar surface area (TPSA) is 58.2 Å². The number of aryl methyl sites for hydroxylation is 1. The smallest absolute Gasteiger partial charge is 0.214 e.